The number of nitrogens with zero attached hydrogens (tertiary/aromatic N) is 2. The number of non-ortho nitro benzene ring substituents is 1. The van der Waals surface area contributed by atoms with E-state index in [1.54, 1.807) is 0 Å². The number of rotatable bonds is 3. The molecule has 1 aliphatic heterocycles. The molecule has 0 saturated heterocycles. The normalized spacial score (nSPS) is 37.9. The van der Waals surface area contributed by atoms with Crippen molar-refractivity contribution in [3.8, 4) is 0 Å². The third kappa shape index (κ3) is 1.35. The van der Waals surface area contributed by atoms with Crippen LogP contribution in [0.1, 0.15) is 18.4 Å². The van der Waals surface area contributed by atoms with Crippen LogP contribution in [-0.4, -0.2) is 21.5 Å². The van der Waals surface area contributed by atoms with Crippen LogP contribution in [0.4, 0.5) is 18.9 Å². The standard InChI is InChI=1S/C13H10F3N3O2S/c14-5-13(11-3-12(11,4-11)22-10(17)18-13)7-1-6(19(20)21)2-8(15)9(7)16/h1-2H,3-5H2,(H2,17,18)/t11?,12?,13-/m1/s1. The highest BCUT2D eigenvalue weighted by Gasteiger charge is 2.92. The van der Waals surface area contributed by atoms with Crippen molar-refractivity contribution < 1.29 is 18.1 Å². The Hall–Kier alpha value is -1.77. The summed E-state index contributed by atoms with van der Waals surface area (Å²) in [5.41, 5.74) is 2.42. The SMILES string of the molecule is NC1=N[C@](CF)(c2cc([N+](=O)[O-])cc(F)c2F)C23CC2(C3)S1. The molecular weight excluding hydrogens is 319 g/mol. The van der Waals surface area contributed by atoms with E-state index in [4.69, 9.17) is 5.73 Å². The van der Waals surface area contributed by atoms with E-state index in [9.17, 15) is 23.3 Å². The minimum atomic E-state index is -1.67. The van der Waals surface area contributed by atoms with Crippen LogP contribution in [0, 0.1) is 27.2 Å². The molecule has 1 aromatic carbocycles. The van der Waals surface area contributed by atoms with E-state index in [1.807, 2.05) is 0 Å². The minimum absolute atomic E-state index is 0.106. The van der Waals surface area contributed by atoms with Gasteiger partial charge in [-0.1, -0.05) is 11.8 Å². The van der Waals surface area contributed by atoms with Gasteiger partial charge in [-0.05, 0) is 12.8 Å². The van der Waals surface area contributed by atoms with E-state index in [2.05, 4.69) is 4.99 Å². The molecule has 0 bridgehead atoms. The number of amidine groups is 1. The molecule has 4 rings (SSSR count). The molecule has 2 N–H and O–H groups in total. The van der Waals surface area contributed by atoms with Crippen molar-refractivity contribution in [2.45, 2.75) is 23.1 Å². The number of nitro benzene ring substituents is 1. The zero-order chi connectivity index (χ0) is 15.9. The molecule has 1 heterocycles. The van der Waals surface area contributed by atoms with Crippen molar-refractivity contribution in [3.63, 3.8) is 0 Å². The lowest BCUT2D eigenvalue weighted by atomic mass is 9.80. The Morgan fingerprint density at radius 3 is 2.68 bits per heavy atom. The monoisotopic (exact) mass is 329 g/mol. The molecule has 0 amide bonds. The number of halogens is 3. The first kappa shape index (κ1) is 13.9. The van der Waals surface area contributed by atoms with Gasteiger partial charge in [0.2, 0.25) is 0 Å². The Kier molecular flexibility index (Phi) is 2.37. The second-order valence-electron chi connectivity index (χ2n) is 6.02. The van der Waals surface area contributed by atoms with Gasteiger partial charge in [-0.2, -0.15) is 0 Å². The van der Waals surface area contributed by atoms with Gasteiger partial charge < -0.3 is 5.73 Å². The van der Waals surface area contributed by atoms with Gasteiger partial charge in [-0.3, -0.25) is 10.1 Å². The molecule has 2 saturated carbocycles. The first-order chi connectivity index (χ1) is 10.3. The predicted octanol–water partition coefficient (Wildman–Crippen LogP) is 2.63. The predicted molar refractivity (Wildman–Crippen MR) is 74.3 cm³/mol. The van der Waals surface area contributed by atoms with Crippen molar-refractivity contribution in [3.05, 3.63) is 39.4 Å². The molecule has 9 heteroatoms. The summed E-state index contributed by atoms with van der Waals surface area (Å²) in [4.78, 5) is 14.1. The van der Waals surface area contributed by atoms with E-state index in [0.717, 1.165) is 6.07 Å². The van der Waals surface area contributed by atoms with Gasteiger partial charge in [0, 0.05) is 21.8 Å². The summed E-state index contributed by atoms with van der Waals surface area (Å²) in [7, 11) is 0. The number of thioether (sulfide) groups is 1. The molecule has 3 aliphatic rings. The van der Waals surface area contributed by atoms with Crippen molar-refractivity contribution in [1.29, 1.82) is 0 Å². The number of aliphatic imine (C=N–C) groups is 1. The lowest BCUT2D eigenvalue weighted by Gasteiger charge is -2.32. The smallest absolute Gasteiger partial charge is 0.272 e. The van der Waals surface area contributed by atoms with E-state index in [1.165, 1.54) is 11.8 Å². The summed E-state index contributed by atoms with van der Waals surface area (Å²) in [6.45, 7) is -1.08. The summed E-state index contributed by atoms with van der Waals surface area (Å²) < 4.78 is 41.7. The highest BCUT2D eigenvalue weighted by atomic mass is 32.2. The molecule has 5 nitrogen and oxygen atoms in total. The van der Waals surface area contributed by atoms with Crippen LogP contribution < -0.4 is 5.73 Å². The zero-order valence-corrected chi connectivity index (χ0v) is 11.9. The average Bonchev–Trinajstić information content (AvgIpc) is 3.27. The number of nitrogens with two attached hydrogens (primary N) is 1. The number of nitro groups is 1. The van der Waals surface area contributed by atoms with Crippen LogP contribution >= 0.6 is 11.8 Å². The largest absolute Gasteiger partial charge is 0.378 e. The van der Waals surface area contributed by atoms with Crippen molar-refractivity contribution in [1.82, 2.24) is 0 Å². The Labute approximate surface area is 126 Å². The van der Waals surface area contributed by atoms with Gasteiger partial charge in [0.15, 0.2) is 16.8 Å². The highest BCUT2D eigenvalue weighted by molar-refractivity contribution is 8.15. The fourth-order valence-corrected chi connectivity index (χ4v) is 5.32. The fourth-order valence-electron chi connectivity index (χ4n) is 3.72. The van der Waals surface area contributed by atoms with Crippen LogP contribution in [0.5, 0.6) is 0 Å². The van der Waals surface area contributed by atoms with Crippen LogP contribution in [0.3, 0.4) is 0 Å². The van der Waals surface area contributed by atoms with E-state index in [0.29, 0.717) is 18.9 Å². The van der Waals surface area contributed by atoms with Gasteiger partial charge in [0.05, 0.1) is 11.0 Å². The second kappa shape index (κ2) is 3.76. The van der Waals surface area contributed by atoms with Gasteiger partial charge in [0.1, 0.15) is 12.2 Å². The molecule has 0 radical (unpaired) electrons. The zero-order valence-electron chi connectivity index (χ0n) is 11.1. The number of hydrogen-bond donors (Lipinski definition) is 1. The number of alkyl halides is 1. The molecule has 0 unspecified atom stereocenters. The summed E-state index contributed by atoms with van der Waals surface area (Å²) in [6.07, 6.45) is 1.20. The topological polar surface area (TPSA) is 81.5 Å². The average molecular weight is 329 g/mol. The summed E-state index contributed by atoms with van der Waals surface area (Å²) in [5.74, 6) is -2.68. The summed E-state index contributed by atoms with van der Waals surface area (Å²) in [5, 5.41) is 11.0. The Bertz CT molecular complexity index is 763. The molecule has 0 spiro atoms. The third-order valence-corrected chi connectivity index (χ3v) is 6.42. The molecule has 116 valence electrons. The Morgan fingerprint density at radius 1 is 1.41 bits per heavy atom. The molecule has 0 aromatic heterocycles. The molecule has 2 aliphatic carbocycles. The first-order valence-corrected chi connectivity index (χ1v) is 7.37. The molecule has 1 atom stereocenters. The van der Waals surface area contributed by atoms with Crippen LogP contribution in [0.15, 0.2) is 17.1 Å². The van der Waals surface area contributed by atoms with Gasteiger partial charge >= 0.3 is 0 Å². The van der Waals surface area contributed by atoms with Crippen molar-refractivity contribution in [2.24, 2.45) is 16.1 Å². The maximum atomic E-state index is 14.3. The third-order valence-electron chi connectivity index (χ3n) is 5.05. The maximum absolute atomic E-state index is 14.3. The van der Waals surface area contributed by atoms with E-state index in [-0.39, 0.29) is 9.91 Å². The van der Waals surface area contributed by atoms with Crippen molar-refractivity contribution in [2.75, 3.05) is 6.67 Å². The van der Waals surface area contributed by atoms with Crippen molar-refractivity contribution >= 4 is 22.6 Å². The summed E-state index contributed by atoms with van der Waals surface area (Å²) >= 11 is 1.33. The van der Waals surface area contributed by atoms with Gasteiger partial charge in [-0.15, -0.1) is 0 Å². The number of benzene rings is 1. The van der Waals surface area contributed by atoms with Gasteiger partial charge in [-0.25, -0.2) is 18.2 Å². The van der Waals surface area contributed by atoms with E-state index >= 15 is 0 Å². The first-order valence-electron chi connectivity index (χ1n) is 6.55. The Morgan fingerprint density at radius 2 is 2.09 bits per heavy atom. The summed E-state index contributed by atoms with van der Waals surface area (Å²) in [6, 6.07) is 1.36. The van der Waals surface area contributed by atoms with E-state index < -0.39 is 45.4 Å². The quantitative estimate of drug-likeness (QED) is 0.683. The van der Waals surface area contributed by atoms with Crippen LogP contribution in [-0.2, 0) is 5.54 Å². The maximum Gasteiger partial charge on any atom is 0.272 e. The van der Waals surface area contributed by atoms with Gasteiger partial charge in [0.25, 0.3) is 5.69 Å². The van der Waals surface area contributed by atoms with Crippen LogP contribution in [0.25, 0.3) is 0 Å². The minimum Gasteiger partial charge on any atom is -0.378 e. The Balaban J connectivity index is 1.97. The molecule has 2 fully saturated rings. The number of hydrogen-bond acceptors (Lipinski definition) is 5. The lowest BCUT2D eigenvalue weighted by molar-refractivity contribution is -0.385. The second-order valence-corrected chi connectivity index (χ2v) is 7.43. The highest BCUT2D eigenvalue weighted by Crippen LogP contribution is 2.92. The molecule has 22 heavy (non-hydrogen) atoms. The lowest BCUT2D eigenvalue weighted by Crippen LogP contribution is -2.38. The fraction of sp³-hybridized carbons (Fsp3) is 0.462. The molecular formula is C13H10F3N3O2S. The molecule has 1 aromatic rings. The van der Waals surface area contributed by atoms with Crippen LogP contribution in [0.2, 0.25) is 0 Å².